The third-order valence-electron chi connectivity index (χ3n) is 3.64. The monoisotopic (exact) mass is 278 g/mol. The molecule has 3 aromatic rings. The van der Waals surface area contributed by atoms with Crippen molar-refractivity contribution >= 4 is 23.5 Å². The van der Waals surface area contributed by atoms with E-state index in [-0.39, 0.29) is 0 Å². The molecule has 104 valence electrons. The second-order valence-electron chi connectivity index (χ2n) is 5.32. The molecule has 2 aromatic carbocycles. The summed E-state index contributed by atoms with van der Waals surface area (Å²) in [5.74, 6) is 0. The third-order valence-corrected chi connectivity index (χ3v) is 3.64. The van der Waals surface area contributed by atoms with E-state index in [2.05, 4.69) is 35.8 Å². The summed E-state index contributed by atoms with van der Waals surface area (Å²) in [6, 6.07) is 17.9. The Kier molecular flexibility index (Phi) is 3.73. The molecule has 0 unspecified atom stereocenters. The minimum Gasteiger partial charge on any atom is -0.423 e. The maximum absolute atomic E-state index is 9.27. The largest absolute Gasteiger partial charge is 0.488 e. The van der Waals surface area contributed by atoms with Crippen molar-refractivity contribution in [1.29, 1.82) is 0 Å². The van der Waals surface area contributed by atoms with Crippen molar-refractivity contribution in [1.82, 2.24) is 0 Å². The number of hydrogen-bond acceptors (Lipinski definition) is 2. The molecule has 0 amide bonds. The Bertz CT molecular complexity index is 787. The molecule has 0 aliphatic heterocycles. The zero-order valence-corrected chi connectivity index (χ0v) is 11.9. The molecule has 0 saturated heterocycles. The number of aryl methyl sites for hydroxylation is 1. The third kappa shape index (κ3) is 2.97. The Hall–Kier alpha value is -2.17. The van der Waals surface area contributed by atoms with Crippen molar-refractivity contribution in [2.24, 2.45) is 0 Å². The number of nitrogens with zero attached hydrogens (tertiary/aromatic N) is 1. The SMILES string of the molecule is Cc1ccc2c(ccc[n+]2Cc2cccc(B(O)O)c2)c1. The molecule has 0 aliphatic rings. The van der Waals surface area contributed by atoms with Gasteiger partial charge < -0.3 is 10.0 Å². The van der Waals surface area contributed by atoms with E-state index in [1.165, 1.54) is 10.9 Å². The van der Waals surface area contributed by atoms with E-state index in [1.807, 2.05) is 30.5 Å². The Morgan fingerprint density at radius 2 is 1.86 bits per heavy atom. The van der Waals surface area contributed by atoms with Crippen LogP contribution in [0, 0.1) is 6.92 Å². The highest BCUT2D eigenvalue weighted by molar-refractivity contribution is 6.58. The summed E-state index contributed by atoms with van der Waals surface area (Å²) in [6.07, 6.45) is 2.04. The van der Waals surface area contributed by atoms with Crippen LogP contribution in [0.15, 0.2) is 60.8 Å². The lowest BCUT2D eigenvalue weighted by molar-refractivity contribution is -0.662. The highest BCUT2D eigenvalue weighted by Crippen LogP contribution is 2.12. The predicted molar refractivity (Wildman–Crippen MR) is 84.2 cm³/mol. The molecule has 0 spiro atoms. The lowest BCUT2D eigenvalue weighted by atomic mass is 9.79. The van der Waals surface area contributed by atoms with Crippen LogP contribution in [-0.4, -0.2) is 17.2 Å². The topological polar surface area (TPSA) is 44.3 Å². The molecule has 0 fully saturated rings. The molecule has 21 heavy (non-hydrogen) atoms. The number of hydrogen-bond donors (Lipinski definition) is 2. The predicted octanol–water partition coefficient (Wildman–Crippen LogP) is 1.16. The van der Waals surface area contributed by atoms with Crippen molar-refractivity contribution in [2.75, 3.05) is 0 Å². The maximum atomic E-state index is 9.27. The van der Waals surface area contributed by atoms with Crippen LogP contribution in [0.3, 0.4) is 0 Å². The zero-order chi connectivity index (χ0) is 14.8. The fourth-order valence-corrected chi connectivity index (χ4v) is 2.59. The van der Waals surface area contributed by atoms with Gasteiger partial charge in [-0.3, -0.25) is 0 Å². The van der Waals surface area contributed by atoms with Gasteiger partial charge in [0.05, 0.1) is 0 Å². The Morgan fingerprint density at radius 3 is 2.67 bits per heavy atom. The summed E-state index contributed by atoms with van der Waals surface area (Å²) in [4.78, 5) is 0. The lowest BCUT2D eigenvalue weighted by Crippen LogP contribution is -2.36. The van der Waals surface area contributed by atoms with Gasteiger partial charge in [0.25, 0.3) is 0 Å². The highest BCUT2D eigenvalue weighted by atomic mass is 16.4. The van der Waals surface area contributed by atoms with Crippen molar-refractivity contribution in [3.8, 4) is 0 Å². The molecule has 3 nitrogen and oxygen atoms in total. The average molecular weight is 278 g/mol. The van der Waals surface area contributed by atoms with Crippen molar-refractivity contribution < 1.29 is 14.6 Å². The maximum Gasteiger partial charge on any atom is 0.488 e. The first-order valence-electron chi connectivity index (χ1n) is 6.97. The van der Waals surface area contributed by atoms with Crippen LogP contribution in [0.4, 0.5) is 0 Å². The van der Waals surface area contributed by atoms with Gasteiger partial charge in [0.2, 0.25) is 5.52 Å². The van der Waals surface area contributed by atoms with Gasteiger partial charge >= 0.3 is 7.12 Å². The quantitative estimate of drug-likeness (QED) is 0.558. The molecule has 1 aromatic heterocycles. The van der Waals surface area contributed by atoms with Gasteiger partial charge in [-0.2, -0.15) is 4.57 Å². The summed E-state index contributed by atoms with van der Waals surface area (Å²) < 4.78 is 2.16. The summed E-state index contributed by atoms with van der Waals surface area (Å²) >= 11 is 0. The van der Waals surface area contributed by atoms with E-state index in [4.69, 9.17) is 0 Å². The molecule has 0 saturated carbocycles. The van der Waals surface area contributed by atoms with Gasteiger partial charge in [-0.1, -0.05) is 35.9 Å². The molecule has 3 rings (SSSR count). The van der Waals surface area contributed by atoms with E-state index in [0.29, 0.717) is 12.0 Å². The van der Waals surface area contributed by atoms with Gasteiger partial charge in [-0.05, 0) is 24.5 Å². The first-order chi connectivity index (χ1) is 10.1. The molecular formula is C17H17BNO2+. The van der Waals surface area contributed by atoms with Gasteiger partial charge in [0.1, 0.15) is 0 Å². The molecule has 0 radical (unpaired) electrons. The van der Waals surface area contributed by atoms with Crippen LogP contribution >= 0.6 is 0 Å². The van der Waals surface area contributed by atoms with E-state index in [1.54, 1.807) is 6.07 Å². The molecular weight excluding hydrogens is 261 g/mol. The van der Waals surface area contributed by atoms with E-state index >= 15 is 0 Å². The van der Waals surface area contributed by atoms with Gasteiger partial charge in [0, 0.05) is 23.1 Å². The molecule has 4 heteroatoms. The smallest absolute Gasteiger partial charge is 0.423 e. The minimum atomic E-state index is -1.43. The molecule has 0 bridgehead atoms. The number of aromatic nitrogens is 1. The van der Waals surface area contributed by atoms with Crippen LogP contribution in [-0.2, 0) is 6.54 Å². The molecule has 1 heterocycles. The average Bonchev–Trinajstić information content (AvgIpc) is 2.47. The standard InChI is InChI=1S/C17H17BNO2/c1-13-7-8-17-15(10-13)5-3-9-19(17)12-14-4-2-6-16(11-14)18(20)21/h2-11,20-21H,12H2,1H3/q+1. The van der Waals surface area contributed by atoms with Crippen molar-refractivity contribution in [3.05, 3.63) is 71.9 Å². The van der Waals surface area contributed by atoms with E-state index in [0.717, 1.165) is 11.1 Å². The second kappa shape index (κ2) is 5.68. The van der Waals surface area contributed by atoms with Crippen LogP contribution in [0.1, 0.15) is 11.1 Å². The van der Waals surface area contributed by atoms with E-state index in [9.17, 15) is 10.0 Å². The lowest BCUT2D eigenvalue weighted by Gasteiger charge is -2.05. The fourth-order valence-electron chi connectivity index (χ4n) is 2.59. The second-order valence-corrected chi connectivity index (χ2v) is 5.32. The van der Waals surface area contributed by atoms with Gasteiger partial charge in [-0.25, -0.2) is 0 Å². The first-order valence-corrected chi connectivity index (χ1v) is 6.97. The van der Waals surface area contributed by atoms with Crippen molar-refractivity contribution in [2.45, 2.75) is 13.5 Å². The first kappa shape index (κ1) is 13.8. The molecule has 2 N–H and O–H groups in total. The van der Waals surface area contributed by atoms with Gasteiger partial charge in [0.15, 0.2) is 12.7 Å². The van der Waals surface area contributed by atoms with Crippen LogP contribution in [0.25, 0.3) is 10.9 Å². The Labute approximate surface area is 124 Å². The van der Waals surface area contributed by atoms with Crippen LogP contribution in [0.5, 0.6) is 0 Å². The summed E-state index contributed by atoms with van der Waals surface area (Å²) in [5, 5.41) is 19.7. The Morgan fingerprint density at radius 1 is 1.00 bits per heavy atom. The number of pyridine rings is 1. The highest BCUT2D eigenvalue weighted by Gasteiger charge is 2.13. The Balaban J connectivity index is 2.00. The minimum absolute atomic E-state index is 0.518. The van der Waals surface area contributed by atoms with Crippen LogP contribution < -0.4 is 10.0 Å². The number of benzene rings is 2. The fraction of sp³-hybridized carbons (Fsp3) is 0.118. The normalized spacial score (nSPS) is 10.8. The number of rotatable bonds is 3. The van der Waals surface area contributed by atoms with Crippen LogP contribution in [0.2, 0.25) is 0 Å². The molecule has 0 atom stereocenters. The van der Waals surface area contributed by atoms with E-state index < -0.39 is 7.12 Å². The summed E-state index contributed by atoms with van der Waals surface area (Å²) in [6.45, 7) is 2.78. The summed E-state index contributed by atoms with van der Waals surface area (Å²) in [5.41, 5.74) is 3.96. The number of fused-ring (bicyclic) bond motifs is 1. The molecule has 0 aliphatic carbocycles. The summed E-state index contributed by atoms with van der Waals surface area (Å²) in [7, 11) is -1.43. The van der Waals surface area contributed by atoms with Gasteiger partial charge in [-0.15, -0.1) is 0 Å². The zero-order valence-electron chi connectivity index (χ0n) is 11.9. The van der Waals surface area contributed by atoms with Crippen molar-refractivity contribution in [3.63, 3.8) is 0 Å².